The quantitative estimate of drug-likeness (QED) is 0.265. The Morgan fingerprint density at radius 3 is 1.87 bits per heavy atom. The lowest BCUT2D eigenvalue weighted by atomic mass is 9.94. The van der Waals surface area contributed by atoms with E-state index < -0.39 is 0 Å². The number of H-pyrrole nitrogens is 1. The summed E-state index contributed by atoms with van der Waals surface area (Å²) in [5, 5.41) is 4.74. The molecule has 0 radical (unpaired) electrons. The molecule has 0 aliphatic carbocycles. The second kappa shape index (κ2) is 8.22. The highest BCUT2D eigenvalue weighted by molar-refractivity contribution is 6.13. The van der Waals surface area contributed by atoms with Crippen LogP contribution >= 0.6 is 0 Å². The molecule has 2 heteroatoms. The molecule has 2 aromatic heterocycles. The number of aromatic amines is 1. The zero-order chi connectivity index (χ0) is 25.1. The minimum Gasteiger partial charge on any atom is -0.455 e. The van der Waals surface area contributed by atoms with E-state index in [2.05, 4.69) is 138 Å². The van der Waals surface area contributed by atoms with Gasteiger partial charge in [-0.05, 0) is 64.2 Å². The molecule has 0 saturated heterocycles. The van der Waals surface area contributed by atoms with Crippen molar-refractivity contribution >= 4 is 43.7 Å². The van der Waals surface area contributed by atoms with E-state index in [9.17, 15) is 0 Å². The van der Waals surface area contributed by atoms with E-state index in [4.69, 9.17) is 4.42 Å². The van der Waals surface area contributed by atoms with Gasteiger partial charge in [0.2, 0.25) is 0 Å². The minimum atomic E-state index is 0.901. The van der Waals surface area contributed by atoms with Crippen LogP contribution in [0.4, 0.5) is 0 Å². The first kappa shape index (κ1) is 21.0. The summed E-state index contributed by atoms with van der Waals surface area (Å²) in [6, 6.07) is 47.3. The Balaban J connectivity index is 1.41. The Kier molecular flexibility index (Phi) is 4.55. The van der Waals surface area contributed by atoms with E-state index in [1.165, 1.54) is 33.0 Å². The van der Waals surface area contributed by atoms with Gasteiger partial charge in [0.25, 0.3) is 0 Å². The molecular formula is C36H23NO. The maximum Gasteiger partial charge on any atom is 0.143 e. The van der Waals surface area contributed by atoms with E-state index in [1.807, 2.05) is 0 Å². The van der Waals surface area contributed by atoms with Crippen molar-refractivity contribution in [1.29, 1.82) is 0 Å². The lowest BCUT2D eigenvalue weighted by Gasteiger charge is -2.08. The van der Waals surface area contributed by atoms with Crippen LogP contribution in [-0.4, -0.2) is 4.98 Å². The number of fused-ring (bicyclic) bond motifs is 6. The number of rotatable bonds is 3. The van der Waals surface area contributed by atoms with Gasteiger partial charge in [-0.1, -0.05) is 97.1 Å². The second-order valence-electron chi connectivity index (χ2n) is 9.88. The molecule has 38 heavy (non-hydrogen) atoms. The lowest BCUT2D eigenvalue weighted by Crippen LogP contribution is -1.84. The standard InChI is InChI=1S/C36H23NO/c1-3-9-23(10-4-1)25-16-18-35-31(19-25)32-21-27(24-11-5-2-6-12-24)20-30(36(32)38-35)26-15-17-29-28-13-7-8-14-33(28)37-34(29)22-26/h1-22,37H. The summed E-state index contributed by atoms with van der Waals surface area (Å²) in [5.74, 6) is 0. The first-order chi connectivity index (χ1) is 18.8. The summed E-state index contributed by atoms with van der Waals surface area (Å²) < 4.78 is 6.58. The van der Waals surface area contributed by atoms with Crippen LogP contribution in [0.2, 0.25) is 0 Å². The van der Waals surface area contributed by atoms with Crippen molar-refractivity contribution in [2.24, 2.45) is 0 Å². The van der Waals surface area contributed by atoms with Crippen LogP contribution in [0.3, 0.4) is 0 Å². The highest BCUT2D eigenvalue weighted by Gasteiger charge is 2.17. The number of aromatic nitrogens is 1. The monoisotopic (exact) mass is 485 g/mol. The van der Waals surface area contributed by atoms with Crippen molar-refractivity contribution in [2.75, 3.05) is 0 Å². The van der Waals surface area contributed by atoms with Gasteiger partial charge in [-0.3, -0.25) is 0 Å². The average Bonchev–Trinajstić information content (AvgIpc) is 3.55. The van der Waals surface area contributed by atoms with Gasteiger partial charge in [0.15, 0.2) is 0 Å². The SMILES string of the molecule is c1ccc(-c2ccc3oc4c(-c5ccc6c(c5)[nH]c5ccccc56)cc(-c5ccccc5)cc4c3c2)cc1. The fraction of sp³-hybridized carbons (Fsp3) is 0. The Hall–Kier alpha value is -5.08. The fourth-order valence-corrected chi connectivity index (χ4v) is 5.72. The maximum absolute atomic E-state index is 6.58. The Labute approximate surface area is 219 Å². The Morgan fingerprint density at radius 1 is 0.395 bits per heavy atom. The molecule has 8 rings (SSSR count). The van der Waals surface area contributed by atoms with Gasteiger partial charge < -0.3 is 9.40 Å². The molecule has 6 aromatic carbocycles. The number of benzene rings is 6. The summed E-state index contributed by atoms with van der Waals surface area (Å²) in [6.07, 6.45) is 0. The molecule has 0 aliphatic heterocycles. The third kappa shape index (κ3) is 3.28. The maximum atomic E-state index is 6.58. The van der Waals surface area contributed by atoms with E-state index >= 15 is 0 Å². The summed E-state index contributed by atoms with van der Waals surface area (Å²) in [6.45, 7) is 0. The molecule has 0 fully saturated rings. The molecule has 2 heterocycles. The van der Waals surface area contributed by atoms with Crippen LogP contribution < -0.4 is 0 Å². The number of nitrogens with one attached hydrogen (secondary N) is 1. The van der Waals surface area contributed by atoms with Crippen molar-refractivity contribution in [2.45, 2.75) is 0 Å². The van der Waals surface area contributed by atoms with Gasteiger partial charge in [0.1, 0.15) is 11.2 Å². The molecule has 0 saturated carbocycles. The summed E-state index contributed by atoms with van der Waals surface area (Å²) in [7, 11) is 0. The first-order valence-corrected chi connectivity index (χ1v) is 12.9. The Morgan fingerprint density at radius 2 is 1.05 bits per heavy atom. The largest absolute Gasteiger partial charge is 0.455 e. The number of furan rings is 1. The topological polar surface area (TPSA) is 28.9 Å². The molecule has 0 aliphatic rings. The lowest BCUT2D eigenvalue weighted by molar-refractivity contribution is 0.670. The third-order valence-electron chi connectivity index (χ3n) is 7.60. The van der Waals surface area contributed by atoms with Gasteiger partial charge in [-0.2, -0.15) is 0 Å². The second-order valence-corrected chi connectivity index (χ2v) is 9.88. The van der Waals surface area contributed by atoms with Crippen molar-refractivity contribution in [1.82, 2.24) is 4.98 Å². The molecule has 8 aromatic rings. The normalized spacial score (nSPS) is 11.7. The van der Waals surface area contributed by atoms with Crippen molar-refractivity contribution in [3.63, 3.8) is 0 Å². The molecule has 0 atom stereocenters. The van der Waals surface area contributed by atoms with Gasteiger partial charge in [-0.15, -0.1) is 0 Å². The molecular weight excluding hydrogens is 462 g/mol. The Bertz CT molecular complexity index is 2110. The summed E-state index contributed by atoms with van der Waals surface area (Å²) in [4.78, 5) is 3.60. The molecule has 1 N–H and O–H groups in total. The number of para-hydroxylation sites is 1. The van der Waals surface area contributed by atoms with E-state index in [-0.39, 0.29) is 0 Å². The zero-order valence-electron chi connectivity index (χ0n) is 20.6. The molecule has 178 valence electrons. The van der Waals surface area contributed by atoms with Crippen LogP contribution in [0.5, 0.6) is 0 Å². The molecule has 0 unspecified atom stereocenters. The summed E-state index contributed by atoms with van der Waals surface area (Å²) in [5.41, 5.74) is 11.1. The van der Waals surface area contributed by atoms with E-state index in [0.29, 0.717) is 0 Å². The highest BCUT2D eigenvalue weighted by atomic mass is 16.3. The summed E-state index contributed by atoms with van der Waals surface area (Å²) >= 11 is 0. The van der Waals surface area contributed by atoms with E-state index in [1.54, 1.807) is 0 Å². The van der Waals surface area contributed by atoms with Crippen LogP contribution in [-0.2, 0) is 0 Å². The van der Waals surface area contributed by atoms with Crippen molar-refractivity contribution in [3.05, 3.63) is 133 Å². The van der Waals surface area contributed by atoms with Crippen LogP contribution in [0, 0.1) is 0 Å². The van der Waals surface area contributed by atoms with Crippen LogP contribution in [0.1, 0.15) is 0 Å². The smallest absolute Gasteiger partial charge is 0.143 e. The predicted molar refractivity (Wildman–Crippen MR) is 159 cm³/mol. The molecule has 0 bridgehead atoms. The predicted octanol–water partition coefficient (Wildman–Crippen LogP) is 10.2. The van der Waals surface area contributed by atoms with Gasteiger partial charge >= 0.3 is 0 Å². The average molecular weight is 486 g/mol. The molecule has 2 nitrogen and oxygen atoms in total. The highest BCUT2D eigenvalue weighted by Crippen LogP contribution is 2.41. The minimum absolute atomic E-state index is 0.901. The molecule has 0 amide bonds. The van der Waals surface area contributed by atoms with Crippen molar-refractivity contribution < 1.29 is 4.42 Å². The van der Waals surface area contributed by atoms with Gasteiger partial charge in [-0.25, -0.2) is 0 Å². The van der Waals surface area contributed by atoms with Crippen molar-refractivity contribution in [3.8, 4) is 33.4 Å². The fourth-order valence-electron chi connectivity index (χ4n) is 5.72. The third-order valence-corrected chi connectivity index (χ3v) is 7.60. The van der Waals surface area contributed by atoms with Gasteiger partial charge in [0, 0.05) is 38.1 Å². The zero-order valence-corrected chi connectivity index (χ0v) is 20.6. The molecule has 0 spiro atoms. The van der Waals surface area contributed by atoms with Crippen LogP contribution in [0.15, 0.2) is 138 Å². The van der Waals surface area contributed by atoms with Gasteiger partial charge in [0.05, 0.1) is 0 Å². The van der Waals surface area contributed by atoms with E-state index in [0.717, 1.165) is 44.1 Å². The number of hydrogen-bond donors (Lipinski definition) is 1. The van der Waals surface area contributed by atoms with Crippen LogP contribution in [0.25, 0.3) is 77.1 Å². The first-order valence-electron chi connectivity index (χ1n) is 12.9. The number of hydrogen-bond acceptors (Lipinski definition) is 1.